The molecule has 20 heavy (non-hydrogen) atoms. The molecule has 0 heterocycles. The zero-order valence-corrected chi connectivity index (χ0v) is 12.5. The van der Waals surface area contributed by atoms with E-state index >= 15 is 0 Å². The van der Waals surface area contributed by atoms with Crippen molar-refractivity contribution in [3.63, 3.8) is 0 Å². The van der Waals surface area contributed by atoms with Gasteiger partial charge in [0.25, 0.3) is 0 Å². The topological polar surface area (TPSA) is 26.3 Å². The Morgan fingerprint density at radius 2 is 1.85 bits per heavy atom. The van der Waals surface area contributed by atoms with Gasteiger partial charge in [0, 0.05) is 12.2 Å². The monoisotopic (exact) mass is 270 g/mol. The van der Waals surface area contributed by atoms with Crippen LogP contribution in [0.3, 0.4) is 0 Å². The van der Waals surface area contributed by atoms with Gasteiger partial charge in [-0.2, -0.15) is 0 Å². The molecule has 0 aromatic heterocycles. The van der Waals surface area contributed by atoms with Crippen molar-refractivity contribution >= 4 is 16.6 Å². The van der Waals surface area contributed by atoms with Crippen molar-refractivity contribution in [1.82, 2.24) is 0 Å². The van der Waals surface area contributed by atoms with Gasteiger partial charge in [-0.3, -0.25) is 4.79 Å². The summed E-state index contributed by atoms with van der Waals surface area (Å²) in [5, 5.41) is 2.29. The quantitative estimate of drug-likeness (QED) is 0.727. The summed E-state index contributed by atoms with van der Waals surface area (Å²) < 4.78 is 5.71. The fourth-order valence-corrected chi connectivity index (χ4v) is 2.35. The van der Waals surface area contributed by atoms with Crippen LogP contribution >= 0.6 is 0 Å². The van der Waals surface area contributed by atoms with Crippen LogP contribution in [0.5, 0.6) is 0 Å². The van der Waals surface area contributed by atoms with Gasteiger partial charge in [0.2, 0.25) is 0 Å². The summed E-state index contributed by atoms with van der Waals surface area (Å²) in [7, 11) is 0. The predicted octanol–water partition coefficient (Wildman–Crippen LogP) is 4.40. The molecule has 0 radical (unpaired) electrons. The molecule has 0 aliphatic rings. The lowest BCUT2D eigenvalue weighted by molar-refractivity contribution is 0.0669. The fraction of sp³-hybridized carbons (Fsp3) is 0.389. The molecule has 0 saturated carbocycles. The van der Waals surface area contributed by atoms with Crippen molar-refractivity contribution in [3.8, 4) is 0 Å². The lowest BCUT2D eigenvalue weighted by Crippen LogP contribution is -2.12. The van der Waals surface area contributed by atoms with Crippen molar-refractivity contribution < 1.29 is 9.53 Å². The standard InChI is InChI=1S/C18H22O2/c1-4-9-20-13(2)10-15-5-6-18-12-16(14(3)19)7-8-17(18)11-15/h5-8,11-13H,4,9-10H2,1-3H3. The Morgan fingerprint density at radius 1 is 1.15 bits per heavy atom. The van der Waals surface area contributed by atoms with Crippen LogP contribution in [0.15, 0.2) is 36.4 Å². The SMILES string of the molecule is CCCOC(C)Cc1ccc2cc(C(C)=O)ccc2c1. The van der Waals surface area contributed by atoms with E-state index in [0.29, 0.717) is 0 Å². The van der Waals surface area contributed by atoms with Crippen molar-refractivity contribution in [2.45, 2.75) is 39.7 Å². The van der Waals surface area contributed by atoms with Crippen molar-refractivity contribution in [3.05, 3.63) is 47.5 Å². The zero-order valence-electron chi connectivity index (χ0n) is 12.5. The summed E-state index contributed by atoms with van der Waals surface area (Å²) in [4.78, 5) is 11.4. The molecule has 1 unspecified atom stereocenters. The minimum atomic E-state index is 0.109. The van der Waals surface area contributed by atoms with Gasteiger partial charge in [-0.05, 0) is 49.1 Å². The third-order valence-corrected chi connectivity index (χ3v) is 3.44. The fourth-order valence-electron chi connectivity index (χ4n) is 2.35. The lowest BCUT2D eigenvalue weighted by Gasteiger charge is -2.13. The number of ketones is 1. The third-order valence-electron chi connectivity index (χ3n) is 3.44. The van der Waals surface area contributed by atoms with Gasteiger partial charge in [-0.25, -0.2) is 0 Å². The highest BCUT2D eigenvalue weighted by atomic mass is 16.5. The van der Waals surface area contributed by atoms with Crippen LogP contribution in [-0.2, 0) is 11.2 Å². The van der Waals surface area contributed by atoms with E-state index in [-0.39, 0.29) is 11.9 Å². The van der Waals surface area contributed by atoms with Gasteiger partial charge >= 0.3 is 0 Å². The molecule has 2 aromatic carbocycles. The first kappa shape index (κ1) is 14.7. The molecule has 2 nitrogen and oxygen atoms in total. The number of benzene rings is 2. The maximum atomic E-state index is 11.4. The van der Waals surface area contributed by atoms with E-state index in [1.807, 2.05) is 18.2 Å². The normalized spacial score (nSPS) is 12.6. The van der Waals surface area contributed by atoms with Crippen molar-refractivity contribution in [2.75, 3.05) is 6.61 Å². The Labute approximate surface area is 120 Å². The van der Waals surface area contributed by atoms with Gasteiger partial charge in [0.05, 0.1) is 6.10 Å². The minimum Gasteiger partial charge on any atom is -0.378 e. The molecule has 0 spiro atoms. The Kier molecular flexibility index (Phi) is 4.91. The van der Waals surface area contributed by atoms with Crippen LogP contribution in [0.2, 0.25) is 0 Å². The lowest BCUT2D eigenvalue weighted by atomic mass is 10.0. The average Bonchev–Trinajstić information content (AvgIpc) is 2.44. The van der Waals surface area contributed by atoms with Crippen LogP contribution in [0.25, 0.3) is 10.8 Å². The minimum absolute atomic E-state index is 0.109. The van der Waals surface area contributed by atoms with E-state index in [1.54, 1.807) is 6.92 Å². The van der Waals surface area contributed by atoms with Gasteiger partial charge in [-0.15, -0.1) is 0 Å². The number of ether oxygens (including phenoxy) is 1. The Balaban J connectivity index is 2.17. The average molecular weight is 270 g/mol. The molecule has 2 aromatic rings. The molecule has 0 aliphatic heterocycles. The maximum absolute atomic E-state index is 11.4. The van der Waals surface area contributed by atoms with E-state index in [4.69, 9.17) is 4.74 Å². The molecule has 106 valence electrons. The molecular formula is C18H22O2. The predicted molar refractivity (Wildman–Crippen MR) is 83.4 cm³/mol. The van der Waals surface area contributed by atoms with Crippen LogP contribution in [0.4, 0.5) is 0 Å². The van der Waals surface area contributed by atoms with Gasteiger partial charge in [-0.1, -0.05) is 37.3 Å². The van der Waals surface area contributed by atoms with E-state index in [0.717, 1.165) is 30.4 Å². The Morgan fingerprint density at radius 3 is 2.55 bits per heavy atom. The number of hydrogen-bond donors (Lipinski definition) is 0. The second-order valence-corrected chi connectivity index (χ2v) is 5.34. The number of carbonyl (C=O) groups excluding carboxylic acids is 1. The molecule has 2 rings (SSSR count). The van der Waals surface area contributed by atoms with Gasteiger partial charge in [0.15, 0.2) is 5.78 Å². The van der Waals surface area contributed by atoms with Crippen LogP contribution in [0.1, 0.15) is 43.1 Å². The first-order valence-electron chi connectivity index (χ1n) is 7.25. The van der Waals surface area contributed by atoms with Crippen LogP contribution in [0, 0.1) is 0 Å². The van der Waals surface area contributed by atoms with E-state index in [1.165, 1.54) is 10.9 Å². The summed E-state index contributed by atoms with van der Waals surface area (Å²) in [6.45, 7) is 6.65. The molecule has 1 atom stereocenters. The molecule has 0 bridgehead atoms. The van der Waals surface area contributed by atoms with Crippen molar-refractivity contribution in [1.29, 1.82) is 0 Å². The van der Waals surface area contributed by atoms with Crippen LogP contribution < -0.4 is 0 Å². The summed E-state index contributed by atoms with van der Waals surface area (Å²) in [5.41, 5.74) is 2.04. The summed E-state index contributed by atoms with van der Waals surface area (Å²) >= 11 is 0. The third kappa shape index (κ3) is 3.67. The zero-order chi connectivity index (χ0) is 14.5. The van der Waals surface area contributed by atoms with Gasteiger partial charge in [0.1, 0.15) is 0 Å². The first-order valence-corrected chi connectivity index (χ1v) is 7.25. The number of rotatable bonds is 6. The van der Waals surface area contributed by atoms with Crippen molar-refractivity contribution in [2.24, 2.45) is 0 Å². The highest BCUT2D eigenvalue weighted by molar-refractivity contribution is 5.98. The highest BCUT2D eigenvalue weighted by Crippen LogP contribution is 2.19. The number of fused-ring (bicyclic) bond motifs is 1. The number of carbonyl (C=O) groups is 1. The number of Topliss-reactive ketones (excluding diaryl/α,β-unsaturated/α-hetero) is 1. The second kappa shape index (κ2) is 6.67. The van der Waals surface area contributed by atoms with E-state index < -0.39 is 0 Å². The molecule has 2 heteroatoms. The highest BCUT2D eigenvalue weighted by Gasteiger charge is 2.06. The molecular weight excluding hydrogens is 248 g/mol. The summed E-state index contributed by atoms with van der Waals surface area (Å²) in [5.74, 6) is 0.109. The molecule has 0 fully saturated rings. The Bertz CT molecular complexity index is 601. The van der Waals surface area contributed by atoms with E-state index in [9.17, 15) is 4.79 Å². The maximum Gasteiger partial charge on any atom is 0.159 e. The molecule has 0 saturated heterocycles. The molecule has 0 aliphatic carbocycles. The first-order chi connectivity index (χ1) is 9.60. The van der Waals surface area contributed by atoms with Gasteiger partial charge < -0.3 is 4.74 Å². The smallest absolute Gasteiger partial charge is 0.159 e. The Hall–Kier alpha value is -1.67. The largest absolute Gasteiger partial charge is 0.378 e. The van der Waals surface area contributed by atoms with E-state index in [2.05, 4.69) is 32.0 Å². The molecule has 0 amide bonds. The second-order valence-electron chi connectivity index (χ2n) is 5.34. The summed E-state index contributed by atoms with van der Waals surface area (Å²) in [6, 6.07) is 12.3. The summed E-state index contributed by atoms with van der Waals surface area (Å²) in [6.07, 6.45) is 2.21. The van der Waals surface area contributed by atoms with Crippen LogP contribution in [-0.4, -0.2) is 18.5 Å². The number of hydrogen-bond acceptors (Lipinski definition) is 2. The molecule has 0 N–H and O–H groups in total.